The van der Waals surface area contributed by atoms with E-state index >= 15 is 0 Å². The number of morpholine rings is 1. The number of ether oxygens (including phenoxy) is 1. The molecule has 1 aromatic carbocycles. The van der Waals surface area contributed by atoms with Crippen LogP contribution in [-0.4, -0.2) is 72.7 Å². The zero-order valence-corrected chi connectivity index (χ0v) is 14.0. The molecule has 1 aliphatic heterocycles. The quantitative estimate of drug-likeness (QED) is 0.879. The number of aliphatic carboxylic acids is 1. The van der Waals surface area contributed by atoms with Crippen molar-refractivity contribution in [1.29, 1.82) is 0 Å². The van der Waals surface area contributed by atoms with Gasteiger partial charge in [0.05, 0.1) is 19.3 Å². The molecule has 7 heteroatoms. The largest absolute Gasteiger partial charge is 0.480 e. The Morgan fingerprint density at radius 2 is 2.22 bits per heavy atom. The highest BCUT2D eigenvalue weighted by molar-refractivity contribution is 6.31. The second-order valence-corrected chi connectivity index (χ2v) is 6.21. The molecule has 0 spiro atoms. The second kappa shape index (κ2) is 7.77. The number of carboxylic acid groups (broad SMARTS) is 1. The minimum atomic E-state index is -0.882. The van der Waals surface area contributed by atoms with E-state index in [1.54, 1.807) is 35.0 Å². The van der Waals surface area contributed by atoms with Crippen molar-refractivity contribution in [3.8, 4) is 0 Å². The molecule has 0 bridgehead atoms. The van der Waals surface area contributed by atoms with Crippen LogP contribution in [0.3, 0.4) is 0 Å². The number of rotatable bonds is 5. The first-order valence-corrected chi connectivity index (χ1v) is 7.82. The number of hydrogen-bond acceptors (Lipinski definition) is 4. The summed E-state index contributed by atoms with van der Waals surface area (Å²) in [4.78, 5) is 26.7. The molecule has 1 fully saturated rings. The first-order valence-electron chi connectivity index (χ1n) is 7.44. The summed E-state index contributed by atoms with van der Waals surface area (Å²) >= 11 is 5.99. The van der Waals surface area contributed by atoms with Gasteiger partial charge in [-0.05, 0) is 37.7 Å². The SMILES string of the molecule is Cc1cc(C(=O)N2CCO[C@H](CN(C)CC(=O)O)C2)ccc1Cl. The van der Waals surface area contributed by atoms with Crippen LogP contribution in [0, 0.1) is 6.92 Å². The van der Waals surface area contributed by atoms with E-state index < -0.39 is 5.97 Å². The van der Waals surface area contributed by atoms with Crippen LogP contribution in [0.5, 0.6) is 0 Å². The lowest BCUT2D eigenvalue weighted by molar-refractivity contribution is -0.138. The van der Waals surface area contributed by atoms with Crippen LogP contribution in [0.2, 0.25) is 5.02 Å². The molecule has 0 radical (unpaired) electrons. The van der Waals surface area contributed by atoms with Gasteiger partial charge >= 0.3 is 5.97 Å². The Balaban J connectivity index is 1.98. The van der Waals surface area contributed by atoms with Gasteiger partial charge in [-0.3, -0.25) is 14.5 Å². The normalized spacial score (nSPS) is 18.3. The van der Waals surface area contributed by atoms with Crippen LogP contribution >= 0.6 is 11.6 Å². The number of aryl methyl sites for hydroxylation is 1. The van der Waals surface area contributed by atoms with E-state index in [4.69, 9.17) is 21.4 Å². The minimum Gasteiger partial charge on any atom is -0.480 e. The predicted octanol–water partition coefficient (Wildman–Crippen LogP) is 1.51. The van der Waals surface area contributed by atoms with Gasteiger partial charge in [0.25, 0.3) is 5.91 Å². The lowest BCUT2D eigenvalue weighted by Gasteiger charge is -2.34. The summed E-state index contributed by atoms with van der Waals surface area (Å²) in [7, 11) is 1.72. The smallest absolute Gasteiger partial charge is 0.317 e. The Kier molecular flexibility index (Phi) is 5.98. The average molecular weight is 341 g/mol. The number of halogens is 1. The third-order valence-electron chi connectivity index (χ3n) is 3.75. The van der Waals surface area contributed by atoms with Crippen molar-refractivity contribution in [2.45, 2.75) is 13.0 Å². The summed E-state index contributed by atoms with van der Waals surface area (Å²) in [5.41, 5.74) is 1.47. The number of benzene rings is 1. The summed E-state index contributed by atoms with van der Waals surface area (Å²) in [5.74, 6) is -0.938. The molecule has 1 aromatic rings. The van der Waals surface area contributed by atoms with Gasteiger partial charge in [0, 0.05) is 30.2 Å². The van der Waals surface area contributed by atoms with Crippen molar-refractivity contribution < 1.29 is 19.4 Å². The van der Waals surface area contributed by atoms with Crippen LogP contribution in [0.25, 0.3) is 0 Å². The van der Waals surface area contributed by atoms with Gasteiger partial charge in [0.2, 0.25) is 0 Å². The molecule has 1 amide bonds. The number of hydrogen-bond donors (Lipinski definition) is 1. The van der Waals surface area contributed by atoms with E-state index in [1.165, 1.54) is 0 Å². The summed E-state index contributed by atoms with van der Waals surface area (Å²) in [6, 6.07) is 5.23. The van der Waals surface area contributed by atoms with Gasteiger partial charge in [-0.15, -0.1) is 0 Å². The molecule has 2 rings (SSSR count). The second-order valence-electron chi connectivity index (χ2n) is 5.80. The number of nitrogens with zero attached hydrogens (tertiary/aromatic N) is 2. The molecule has 1 N–H and O–H groups in total. The Morgan fingerprint density at radius 3 is 2.87 bits per heavy atom. The molecule has 1 saturated heterocycles. The van der Waals surface area contributed by atoms with Crippen molar-refractivity contribution in [3.63, 3.8) is 0 Å². The predicted molar refractivity (Wildman–Crippen MR) is 87.0 cm³/mol. The first kappa shape index (κ1) is 17.7. The number of carbonyl (C=O) groups excluding carboxylic acids is 1. The number of likely N-dealkylation sites (N-methyl/N-ethyl adjacent to an activating group) is 1. The van der Waals surface area contributed by atoms with Gasteiger partial charge in [-0.2, -0.15) is 0 Å². The van der Waals surface area contributed by atoms with Crippen molar-refractivity contribution in [2.24, 2.45) is 0 Å². The molecule has 0 aliphatic carbocycles. The Bertz CT molecular complexity index is 593. The van der Waals surface area contributed by atoms with E-state index in [1.807, 2.05) is 6.92 Å². The molecule has 0 aromatic heterocycles. The van der Waals surface area contributed by atoms with E-state index in [-0.39, 0.29) is 18.6 Å². The Morgan fingerprint density at radius 1 is 1.48 bits per heavy atom. The summed E-state index contributed by atoms with van der Waals surface area (Å²) in [6.07, 6.45) is -0.189. The van der Waals surface area contributed by atoms with E-state index in [0.717, 1.165) is 5.56 Å². The number of carboxylic acids is 1. The fraction of sp³-hybridized carbons (Fsp3) is 0.500. The molecule has 0 unspecified atom stereocenters. The standard InChI is InChI=1S/C16H21ClN2O4/c1-11-7-12(3-4-14(11)17)16(22)19-5-6-23-13(9-19)8-18(2)10-15(20)21/h3-4,7,13H,5-6,8-10H2,1-2H3,(H,20,21)/t13-/m1/s1. The molecule has 1 atom stereocenters. The van der Waals surface area contributed by atoms with Crippen LogP contribution in [0.1, 0.15) is 15.9 Å². The number of carbonyl (C=O) groups is 2. The van der Waals surface area contributed by atoms with Crippen LogP contribution in [0.15, 0.2) is 18.2 Å². The van der Waals surface area contributed by atoms with E-state index in [2.05, 4.69) is 0 Å². The summed E-state index contributed by atoms with van der Waals surface area (Å²) in [6.45, 7) is 3.70. The zero-order chi connectivity index (χ0) is 17.0. The lowest BCUT2D eigenvalue weighted by atomic mass is 10.1. The Labute approximate surface area is 140 Å². The fourth-order valence-corrected chi connectivity index (χ4v) is 2.74. The molecule has 0 saturated carbocycles. The summed E-state index contributed by atoms with van der Waals surface area (Å²) < 4.78 is 5.64. The maximum atomic E-state index is 12.6. The molecule has 1 aliphatic rings. The van der Waals surface area contributed by atoms with Crippen molar-refractivity contribution in [2.75, 3.05) is 39.8 Å². The topological polar surface area (TPSA) is 70.1 Å². The van der Waals surface area contributed by atoms with E-state index in [0.29, 0.717) is 36.8 Å². The van der Waals surface area contributed by atoms with Gasteiger partial charge in [-0.1, -0.05) is 11.6 Å². The molecule has 126 valence electrons. The van der Waals surface area contributed by atoms with Crippen LogP contribution in [0.4, 0.5) is 0 Å². The molecular formula is C16H21ClN2O4. The average Bonchev–Trinajstić information content (AvgIpc) is 2.48. The maximum absolute atomic E-state index is 12.6. The van der Waals surface area contributed by atoms with Crippen molar-refractivity contribution in [1.82, 2.24) is 9.80 Å². The maximum Gasteiger partial charge on any atom is 0.317 e. The van der Waals surface area contributed by atoms with Gasteiger partial charge < -0.3 is 14.7 Å². The minimum absolute atomic E-state index is 0.0514. The molecular weight excluding hydrogens is 320 g/mol. The zero-order valence-electron chi connectivity index (χ0n) is 13.3. The fourth-order valence-electron chi connectivity index (χ4n) is 2.62. The van der Waals surface area contributed by atoms with Gasteiger partial charge in [0.1, 0.15) is 0 Å². The number of amides is 1. The Hall–Kier alpha value is -1.63. The van der Waals surface area contributed by atoms with Gasteiger partial charge in [-0.25, -0.2) is 0 Å². The first-order chi connectivity index (χ1) is 10.9. The van der Waals surface area contributed by atoms with Crippen LogP contribution < -0.4 is 0 Å². The van der Waals surface area contributed by atoms with Crippen molar-refractivity contribution in [3.05, 3.63) is 34.3 Å². The lowest BCUT2D eigenvalue weighted by Crippen LogP contribution is -2.49. The third-order valence-corrected chi connectivity index (χ3v) is 4.18. The molecule has 1 heterocycles. The third kappa shape index (κ3) is 4.92. The van der Waals surface area contributed by atoms with Gasteiger partial charge in [0.15, 0.2) is 0 Å². The van der Waals surface area contributed by atoms with Crippen LogP contribution in [-0.2, 0) is 9.53 Å². The molecule has 6 nitrogen and oxygen atoms in total. The summed E-state index contributed by atoms with van der Waals surface area (Å²) in [5, 5.41) is 9.43. The van der Waals surface area contributed by atoms with E-state index in [9.17, 15) is 9.59 Å². The monoisotopic (exact) mass is 340 g/mol. The highest BCUT2D eigenvalue weighted by Gasteiger charge is 2.26. The highest BCUT2D eigenvalue weighted by Crippen LogP contribution is 2.18. The highest BCUT2D eigenvalue weighted by atomic mass is 35.5. The van der Waals surface area contributed by atoms with Crippen molar-refractivity contribution >= 4 is 23.5 Å². The molecule has 23 heavy (non-hydrogen) atoms.